The van der Waals surface area contributed by atoms with Crippen molar-refractivity contribution in [2.24, 2.45) is 10.2 Å². The molecule has 10 heteroatoms. The normalized spacial score (nSPS) is 11.9. The smallest absolute Gasteiger partial charge is 0.373 e. The van der Waals surface area contributed by atoms with Gasteiger partial charge in [-0.3, -0.25) is 15.2 Å². The summed E-state index contributed by atoms with van der Waals surface area (Å²) >= 11 is 0. The van der Waals surface area contributed by atoms with Crippen molar-refractivity contribution in [1.29, 1.82) is 0 Å². The van der Waals surface area contributed by atoms with E-state index >= 15 is 0 Å². The molecule has 0 aliphatic heterocycles. The Kier molecular flexibility index (Phi) is 2.92. The van der Waals surface area contributed by atoms with Gasteiger partial charge in [-0.05, 0) is 0 Å². The minimum absolute atomic E-state index is 0.271. The van der Waals surface area contributed by atoms with Crippen LogP contribution in [-0.2, 0) is 0 Å². The summed E-state index contributed by atoms with van der Waals surface area (Å²) in [5.41, 5.74) is -1.61. The number of azo groups is 1. The van der Waals surface area contributed by atoms with Crippen molar-refractivity contribution in [3.05, 3.63) is 15.9 Å². The summed E-state index contributed by atoms with van der Waals surface area (Å²) < 4.78 is 0. The van der Waals surface area contributed by atoms with Gasteiger partial charge in [0.1, 0.15) is 0 Å². The molecular weight excluding hydrogens is 220 g/mol. The van der Waals surface area contributed by atoms with Gasteiger partial charge in [0.2, 0.25) is 5.82 Å². The zero-order valence-corrected chi connectivity index (χ0v) is 8.41. The van der Waals surface area contributed by atoms with Gasteiger partial charge in [0.25, 0.3) is 5.95 Å². The van der Waals surface area contributed by atoms with Crippen LogP contribution >= 0.6 is 0 Å². The van der Waals surface area contributed by atoms with Gasteiger partial charge in [0, 0.05) is 13.8 Å². The summed E-state index contributed by atoms with van der Waals surface area (Å²) in [6, 6.07) is 0. The maximum absolute atomic E-state index is 10.5. The monoisotopic (exact) mass is 228 g/mol. The second-order valence-electron chi connectivity index (χ2n) is 3.24. The molecule has 2 N–H and O–H groups in total. The predicted molar refractivity (Wildman–Crippen MR) is 48.9 cm³/mol. The molecule has 1 rings (SSSR count). The topological polar surface area (TPSA) is 147 Å². The molecule has 10 nitrogen and oxygen atoms in total. The van der Waals surface area contributed by atoms with Crippen LogP contribution in [0.15, 0.2) is 10.2 Å². The zero-order valence-electron chi connectivity index (χ0n) is 8.41. The highest BCUT2D eigenvalue weighted by atomic mass is 16.6. The molecule has 0 radical (unpaired) electrons. The molecule has 0 aliphatic rings. The zero-order chi connectivity index (χ0) is 12.3. The molecule has 16 heavy (non-hydrogen) atoms. The van der Waals surface area contributed by atoms with Crippen molar-refractivity contribution in [1.82, 2.24) is 15.2 Å². The second kappa shape index (κ2) is 4.00. The second-order valence-corrected chi connectivity index (χ2v) is 3.24. The van der Waals surface area contributed by atoms with Crippen molar-refractivity contribution in [2.75, 3.05) is 0 Å². The first-order valence-electron chi connectivity index (χ1n) is 4.06. The van der Waals surface area contributed by atoms with E-state index in [1.54, 1.807) is 0 Å². The molecular formula is C6H8N6O4. The first-order valence-corrected chi connectivity index (χ1v) is 4.06. The molecule has 0 fully saturated rings. The fourth-order valence-corrected chi connectivity index (χ4v) is 0.597. The van der Waals surface area contributed by atoms with Gasteiger partial charge in [-0.2, -0.15) is 4.98 Å². The lowest BCUT2D eigenvalue weighted by Gasteiger charge is -2.06. The number of nitro groups is 1. The van der Waals surface area contributed by atoms with Gasteiger partial charge in [0.05, 0.1) is 4.92 Å². The molecule has 86 valence electrons. The van der Waals surface area contributed by atoms with E-state index in [1.165, 1.54) is 13.8 Å². The van der Waals surface area contributed by atoms with Crippen LogP contribution in [0.2, 0.25) is 0 Å². The molecule has 0 aliphatic carbocycles. The number of hydrogen-bond acceptors (Lipinski definition) is 7. The average Bonchev–Trinajstić information content (AvgIpc) is 2.63. The molecule has 0 bridgehead atoms. The Balaban J connectivity index is 2.84. The van der Waals surface area contributed by atoms with E-state index in [0.717, 1.165) is 0 Å². The first-order chi connectivity index (χ1) is 7.33. The van der Waals surface area contributed by atoms with Gasteiger partial charge < -0.3 is 5.11 Å². The number of nitrogens with one attached hydrogen (secondary N) is 1. The Morgan fingerprint density at radius 1 is 1.62 bits per heavy atom. The number of carboxylic acid groups (broad SMARTS) is 1. The SMILES string of the molecule is CC(C)(/N=N/c1n[nH]c(C(=O)O)n1)[N+](=O)[O-]. The van der Waals surface area contributed by atoms with Gasteiger partial charge in [-0.25, -0.2) is 4.79 Å². The highest BCUT2D eigenvalue weighted by Crippen LogP contribution is 2.13. The van der Waals surface area contributed by atoms with Crippen molar-refractivity contribution >= 4 is 11.9 Å². The number of aromatic carboxylic acids is 1. The Labute approximate surface area is 88.6 Å². The maximum Gasteiger partial charge on any atom is 0.373 e. The predicted octanol–water partition coefficient (Wildman–Crippen LogP) is 0.599. The Hall–Kier alpha value is -2.39. The van der Waals surface area contributed by atoms with Crippen molar-refractivity contribution in [3.63, 3.8) is 0 Å². The number of aromatic nitrogens is 3. The van der Waals surface area contributed by atoms with E-state index in [4.69, 9.17) is 5.11 Å². The third-order valence-electron chi connectivity index (χ3n) is 1.51. The molecule has 0 atom stereocenters. The van der Waals surface area contributed by atoms with Crippen LogP contribution in [-0.4, -0.2) is 36.8 Å². The third-order valence-corrected chi connectivity index (χ3v) is 1.51. The van der Waals surface area contributed by atoms with Crippen molar-refractivity contribution in [2.45, 2.75) is 19.5 Å². The van der Waals surface area contributed by atoms with Crippen LogP contribution in [0.1, 0.15) is 24.5 Å². The number of carboxylic acids is 1. The molecule has 1 aromatic rings. The maximum atomic E-state index is 10.5. The van der Waals surface area contributed by atoms with Crippen LogP contribution in [0.4, 0.5) is 5.95 Å². The van der Waals surface area contributed by atoms with E-state index in [-0.39, 0.29) is 5.95 Å². The van der Waals surface area contributed by atoms with E-state index in [0.29, 0.717) is 0 Å². The molecule has 1 heterocycles. The van der Waals surface area contributed by atoms with Crippen LogP contribution in [0.3, 0.4) is 0 Å². The number of rotatable bonds is 4. The molecule has 0 saturated heterocycles. The summed E-state index contributed by atoms with van der Waals surface area (Å²) in [5, 5.41) is 31.2. The van der Waals surface area contributed by atoms with E-state index < -0.39 is 22.4 Å². The summed E-state index contributed by atoms with van der Waals surface area (Å²) in [4.78, 5) is 23.7. The number of nitrogens with zero attached hydrogens (tertiary/aromatic N) is 5. The van der Waals surface area contributed by atoms with Crippen molar-refractivity contribution < 1.29 is 14.8 Å². The minimum Gasteiger partial charge on any atom is -0.475 e. The summed E-state index contributed by atoms with van der Waals surface area (Å²) in [6.07, 6.45) is 0. The number of aromatic amines is 1. The summed E-state index contributed by atoms with van der Waals surface area (Å²) in [6.45, 7) is 2.47. The first kappa shape index (κ1) is 11.7. The molecule has 0 amide bonds. The molecule has 0 unspecified atom stereocenters. The highest BCUT2D eigenvalue weighted by Gasteiger charge is 2.30. The molecule has 0 aromatic carbocycles. The quantitative estimate of drug-likeness (QED) is 0.438. The van der Waals surface area contributed by atoms with Crippen LogP contribution in [0.25, 0.3) is 0 Å². The lowest BCUT2D eigenvalue weighted by atomic mass is 10.3. The lowest BCUT2D eigenvalue weighted by Crippen LogP contribution is -2.27. The van der Waals surface area contributed by atoms with Crippen LogP contribution in [0.5, 0.6) is 0 Å². The van der Waals surface area contributed by atoms with Gasteiger partial charge in [-0.15, -0.1) is 15.3 Å². The lowest BCUT2D eigenvalue weighted by molar-refractivity contribution is -0.559. The third kappa shape index (κ3) is 2.56. The Bertz CT molecular complexity index is 450. The minimum atomic E-state index is -1.61. The number of carbonyl (C=O) groups is 1. The van der Waals surface area contributed by atoms with E-state index in [2.05, 4.69) is 25.4 Å². The fourth-order valence-electron chi connectivity index (χ4n) is 0.597. The van der Waals surface area contributed by atoms with Crippen LogP contribution < -0.4 is 0 Å². The summed E-state index contributed by atoms with van der Waals surface area (Å²) in [7, 11) is 0. The molecule has 0 saturated carbocycles. The highest BCUT2D eigenvalue weighted by molar-refractivity contribution is 5.83. The van der Waals surface area contributed by atoms with E-state index in [9.17, 15) is 14.9 Å². The largest absolute Gasteiger partial charge is 0.475 e. The fraction of sp³-hybridized carbons (Fsp3) is 0.500. The Morgan fingerprint density at radius 3 is 2.69 bits per heavy atom. The Morgan fingerprint density at radius 2 is 2.25 bits per heavy atom. The average molecular weight is 228 g/mol. The molecule has 1 aromatic heterocycles. The van der Waals surface area contributed by atoms with E-state index in [1.807, 2.05) is 0 Å². The van der Waals surface area contributed by atoms with Gasteiger partial charge in [-0.1, -0.05) is 0 Å². The van der Waals surface area contributed by atoms with Crippen LogP contribution in [0, 0.1) is 10.1 Å². The van der Waals surface area contributed by atoms with Gasteiger partial charge >= 0.3 is 11.6 Å². The number of H-pyrrole nitrogens is 1. The van der Waals surface area contributed by atoms with Crippen molar-refractivity contribution in [3.8, 4) is 0 Å². The standard InChI is InChI=1S/C6H8N6O4/c1-6(2,12(15)16)11-10-5-7-3(4(13)14)8-9-5/h1-2H3,(H,13,14)(H,7,8,9)/b11-10+. The summed E-state index contributed by atoms with van der Waals surface area (Å²) in [5.74, 6) is -1.98. The number of hydrogen-bond donors (Lipinski definition) is 2. The molecule has 0 spiro atoms. The van der Waals surface area contributed by atoms with Gasteiger partial charge in [0.15, 0.2) is 0 Å².